The van der Waals surface area contributed by atoms with Gasteiger partial charge in [0, 0.05) is 13.1 Å². The van der Waals surface area contributed by atoms with E-state index in [2.05, 4.69) is 21.7 Å². The number of thiophene rings is 1. The average molecular weight is 197 g/mol. The number of aliphatic hydroxyl groups excluding tert-OH is 1. The highest BCUT2D eigenvalue weighted by molar-refractivity contribution is 7.07. The van der Waals surface area contributed by atoms with E-state index in [0.29, 0.717) is 0 Å². The van der Waals surface area contributed by atoms with Crippen LogP contribution in [0.15, 0.2) is 16.8 Å². The highest BCUT2D eigenvalue weighted by atomic mass is 32.1. The first-order valence-corrected chi connectivity index (χ1v) is 5.70. The third-order valence-corrected chi connectivity index (χ3v) is 3.20. The average Bonchev–Trinajstić information content (AvgIpc) is 2.57. The van der Waals surface area contributed by atoms with E-state index in [-0.39, 0.29) is 6.10 Å². The molecule has 1 aliphatic heterocycles. The van der Waals surface area contributed by atoms with Crippen molar-refractivity contribution >= 4 is 11.3 Å². The molecule has 1 aromatic rings. The van der Waals surface area contributed by atoms with Crippen LogP contribution in [0.3, 0.4) is 0 Å². The van der Waals surface area contributed by atoms with Gasteiger partial charge in [0.1, 0.15) is 0 Å². The molecule has 2 nitrogen and oxygen atoms in total. The molecule has 72 valence electrons. The van der Waals surface area contributed by atoms with Gasteiger partial charge in [-0.15, -0.1) is 0 Å². The van der Waals surface area contributed by atoms with Crippen LogP contribution in [0.5, 0.6) is 0 Å². The van der Waals surface area contributed by atoms with E-state index in [1.807, 2.05) is 0 Å². The lowest BCUT2D eigenvalue weighted by Crippen LogP contribution is -2.37. The number of rotatable bonds is 2. The standard InChI is InChI=1S/C10H15NOS/c12-10-2-1-4-11(7-10)6-9-3-5-13-8-9/h3,5,8,10,12H,1-2,4,6-7H2. The van der Waals surface area contributed by atoms with E-state index < -0.39 is 0 Å². The Kier molecular flexibility index (Phi) is 2.98. The van der Waals surface area contributed by atoms with E-state index in [1.54, 1.807) is 11.3 Å². The molecule has 0 bridgehead atoms. The van der Waals surface area contributed by atoms with Crippen molar-refractivity contribution in [2.75, 3.05) is 13.1 Å². The second kappa shape index (κ2) is 4.22. The molecular formula is C10H15NOS. The second-order valence-corrected chi connectivity index (χ2v) is 4.44. The van der Waals surface area contributed by atoms with Gasteiger partial charge < -0.3 is 5.11 Å². The van der Waals surface area contributed by atoms with Gasteiger partial charge >= 0.3 is 0 Å². The molecule has 1 unspecified atom stereocenters. The molecule has 1 saturated heterocycles. The van der Waals surface area contributed by atoms with Gasteiger partial charge in [-0.2, -0.15) is 11.3 Å². The predicted octanol–water partition coefficient (Wildman–Crippen LogP) is 1.70. The molecule has 2 heterocycles. The third-order valence-electron chi connectivity index (χ3n) is 2.47. The SMILES string of the molecule is OC1CCCN(Cc2ccsc2)C1. The van der Waals surface area contributed by atoms with Gasteiger partial charge in [0.15, 0.2) is 0 Å². The van der Waals surface area contributed by atoms with Gasteiger partial charge in [-0.25, -0.2) is 0 Å². The summed E-state index contributed by atoms with van der Waals surface area (Å²) in [6, 6.07) is 2.16. The summed E-state index contributed by atoms with van der Waals surface area (Å²) in [6.45, 7) is 2.98. The van der Waals surface area contributed by atoms with E-state index in [1.165, 1.54) is 5.56 Å². The first kappa shape index (κ1) is 9.19. The minimum Gasteiger partial charge on any atom is -0.392 e. The Bertz CT molecular complexity index is 247. The summed E-state index contributed by atoms with van der Waals surface area (Å²) in [6.07, 6.45) is 2.00. The Morgan fingerprint density at radius 2 is 2.54 bits per heavy atom. The molecule has 1 aromatic heterocycles. The Morgan fingerprint density at radius 1 is 1.62 bits per heavy atom. The van der Waals surface area contributed by atoms with E-state index >= 15 is 0 Å². The number of hydrogen-bond acceptors (Lipinski definition) is 3. The molecule has 2 rings (SSSR count). The molecule has 0 radical (unpaired) electrons. The van der Waals surface area contributed by atoms with Crippen molar-refractivity contribution in [1.29, 1.82) is 0 Å². The van der Waals surface area contributed by atoms with Crippen LogP contribution in [0.1, 0.15) is 18.4 Å². The molecule has 1 N–H and O–H groups in total. The molecule has 1 aliphatic rings. The van der Waals surface area contributed by atoms with E-state index in [9.17, 15) is 5.11 Å². The summed E-state index contributed by atoms with van der Waals surface area (Å²) in [7, 11) is 0. The van der Waals surface area contributed by atoms with Gasteiger partial charge in [0.2, 0.25) is 0 Å². The fourth-order valence-corrected chi connectivity index (χ4v) is 2.48. The summed E-state index contributed by atoms with van der Waals surface area (Å²) in [5.74, 6) is 0. The lowest BCUT2D eigenvalue weighted by atomic mass is 10.1. The molecule has 1 atom stereocenters. The Labute approximate surface area is 82.8 Å². The molecule has 0 amide bonds. The van der Waals surface area contributed by atoms with Gasteiger partial charge in [-0.05, 0) is 41.8 Å². The summed E-state index contributed by atoms with van der Waals surface area (Å²) >= 11 is 1.74. The fraction of sp³-hybridized carbons (Fsp3) is 0.600. The van der Waals surface area contributed by atoms with Crippen LogP contribution in [0.2, 0.25) is 0 Å². The minimum absolute atomic E-state index is 0.104. The van der Waals surface area contributed by atoms with Crippen LogP contribution < -0.4 is 0 Å². The van der Waals surface area contributed by atoms with E-state index in [0.717, 1.165) is 32.5 Å². The largest absolute Gasteiger partial charge is 0.392 e. The smallest absolute Gasteiger partial charge is 0.0667 e. The zero-order valence-corrected chi connectivity index (χ0v) is 8.46. The number of aliphatic hydroxyl groups is 1. The van der Waals surface area contributed by atoms with Crippen LogP contribution in [-0.2, 0) is 6.54 Å². The molecule has 1 fully saturated rings. The summed E-state index contributed by atoms with van der Waals surface area (Å²) < 4.78 is 0. The highest BCUT2D eigenvalue weighted by Crippen LogP contribution is 2.14. The first-order chi connectivity index (χ1) is 6.34. The van der Waals surface area contributed by atoms with Gasteiger partial charge in [0.25, 0.3) is 0 Å². The van der Waals surface area contributed by atoms with Crippen molar-refractivity contribution in [2.45, 2.75) is 25.5 Å². The maximum Gasteiger partial charge on any atom is 0.0667 e. The van der Waals surface area contributed by atoms with Crippen molar-refractivity contribution in [2.24, 2.45) is 0 Å². The quantitative estimate of drug-likeness (QED) is 0.780. The number of β-amino-alcohol motifs (C(OH)–C–C–N with tert-alkyl or cyclic N) is 1. The number of hydrogen-bond donors (Lipinski definition) is 1. The molecular weight excluding hydrogens is 182 g/mol. The van der Waals surface area contributed by atoms with Crippen LogP contribution in [0.25, 0.3) is 0 Å². The zero-order valence-electron chi connectivity index (χ0n) is 7.65. The number of likely N-dealkylation sites (tertiary alicyclic amines) is 1. The van der Waals surface area contributed by atoms with Crippen molar-refractivity contribution in [1.82, 2.24) is 4.90 Å². The number of piperidine rings is 1. The highest BCUT2D eigenvalue weighted by Gasteiger charge is 2.17. The number of nitrogens with zero attached hydrogens (tertiary/aromatic N) is 1. The molecule has 0 saturated carbocycles. The van der Waals surface area contributed by atoms with Gasteiger partial charge in [-0.3, -0.25) is 4.90 Å². The minimum atomic E-state index is -0.104. The lowest BCUT2D eigenvalue weighted by molar-refractivity contribution is 0.0669. The molecule has 0 aliphatic carbocycles. The molecule has 13 heavy (non-hydrogen) atoms. The summed E-state index contributed by atoms with van der Waals surface area (Å²) in [5, 5.41) is 13.8. The van der Waals surface area contributed by atoms with Crippen LogP contribution in [0, 0.1) is 0 Å². The predicted molar refractivity (Wildman–Crippen MR) is 54.8 cm³/mol. The van der Waals surface area contributed by atoms with Gasteiger partial charge in [-0.1, -0.05) is 0 Å². The second-order valence-electron chi connectivity index (χ2n) is 3.66. The third kappa shape index (κ3) is 2.53. The van der Waals surface area contributed by atoms with Crippen LogP contribution in [-0.4, -0.2) is 29.2 Å². The first-order valence-electron chi connectivity index (χ1n) is 4.76. The summed E-state index contributed by atoms with van der Waals surface area (Å²) in [5.41, 5.74) is 1.37. The fourth-order valence-electron chi connectivity index (χ4n) is 1.82. The van der Waals surface area contributed by atoms with Crippen molar-refractivity contribution in [3.8, 4) is 0 Å². The summed E-state index contributed by atoms with van der Waals surface area (Å²) in [4.78, 5) is 2.33. The van der Waals surface area contributed by atoms with E-state index in [4.69, 9.17) is 0 Å². The van der Waals surface area contributed by atoms with Crippen LogP contribution in [0.4, 0.5) is 0 Å². The van der Waals surface area contributed by atoms with Crippen LogP contribution >= 0.6 is 11.3 Å². The lowest BCUT2D eigenvalue weighted by Gasteiger charge is -2.29. The van der Waals surface area contributed by atoms with Gasteiger partial charge in [0.05, 0.1) is 6.10 Å². The maximum atomic E-state index is 9.47. The van der Waals surface area contributed by atoms with Crippen molar-refractivity contribution in [3.63, 3.8) is 0 Å². The Morgan fingerprint density at radius 3 is 3.23 bits per heavy atom. The molecule has 0 aromatic carbocycles. The van der Waals surface area contributed by atoms with Crippen molar-refractivity contribution in [3.05, 3.63) is 22.4 Å². The van der Waals surface area contributed by atoms with Crippen molar-refractivity contribution < 1.29 is 5.11 Å². The normalized spacial score (nSPS) is 24.8. The maximum absolute atomic E-state index is 9.47. The Hall–Kier alpha value is -0.380. The Balaban J connectivity index is 1.87. The molecule has 3 heteroatoms. The topological polar surface area (TPSA) is 23.5 Å². The molecule has 0 spiro atoms. The monoisotopic (exact) mass is 197 g/mol. The zero-order chi connectivity index (χ0) is 9.10.